The van der Waals surface area contributed by atoms with Crippen molar-refractivity contribution in [3.8, 4) is 0 Å². The number of benzene rings is 2. The first-order valence-electron chi connectivity index (χ1n) is 14.2. The smallest absolute Gasteiger partial charge is 0.394 e. The second kappa shape index (κ2) is 9.70. The number of amides is 1. The topological polar surface area (TPSA) is 122 Å². The van der Waals surface area contributed by atoms with Gasteiger partial charge in [0.15, 0.2) is 0 Å². The van der Waals surface area contributed by atoms with Gasteiger partial charge in [-0.1, -0.05) is 18.6 Å². The number of carbonyl (C=O) groups excluding carboxylic acids is 1. The van der Waals surface area contributed by atoms with Crippen LogP contribution in [0, 0.1) is 24.2 Å². The Morgan fingerprint density at radius 1 is 1.09 bits per heavy atom. The highest BCUT2D eigenvalue weighted by molar-refractivity contribution is 7.92. The first-order chi connectivity index (χ1) is 20.1. The molecule has 0 spiro atoms. The molecule has 13 heteroatoms. The molecule has 2 aromatic carbocycles. The molecule has 7 rings (SSSR count). The maximum absolute atomic E-state index is 13.4. The van der Waals surface area contributed by atoms with Crippen LogP contribution in [0.1, 0.15) is 55.8 Å². The summed E-state index contributed by atoms with van der Waals surface area (Å²) in [5.41, 5.74) is -0.194. The predicted octanol–water partition coefficient (Wildman–Crippen LogP) is 4.89. The lowest BCUT2D eigenvalue weighted by molar-refractivity contribution is -0.337. The number of rotatable bonds is 7. The van der Waals surface area contributed by atoms with E-state index in [1.54, 1.807) is 30.3 Å². The van der Waals surface area contributed by atoms with E-state index in [0.717, 1.165) is 15.6 Å². The van der Waals surface area contributed by atoms with E-state index in [1.807, 2.05) is 18.5 Å². The summed E-state index contributed by atoms with van der Waals surface area (Å²) in [6.45, 7) is 1.83. The summed E-state index contributed by atoms with van der Waals surface area (Å²) >= 11 is 0. The zero-order valence-corrected chi connectivity index (χ0v) is 24.8. The number of carbonyl (C=O) groups is 2. The predicted molar refractivity (Wildman–Crippen MR) is 152 cm³/mol. The van der Waals surface area contributed by atoms with Crippen LogP contribution in [0.15, 0.2) is 47.4 Å². The Morgan fingerprint density at radius 3 is 2.35 bits per heavy atom. The molecule has 4 aliphatic carbocycles. The van der Waals surface area contributed by atoms with Crippen molar-refractivity contribution >= 4 is 38.6 Å². The van der Waals surface area contributed by atoms with Crippen LogP contribution < -0.4 is 9.62 Å². The molecule has 3 aromatic rings. The monoisotopic (exact) mass is 618 g/mol. The highest BCUT2D eigenvalue weighted by atomic mass is 32.2. The number of alkyl halides is 3. The van der Waals surface area contributed by atoms with Gasteiger partial charge in [0.05, 0.1) is 38.9 Å². The van der Waals surface area contributed by atoms with Crippen molar-refractivity contribution in [1.82, 2.24) is 14.9 Å². The molecule has 1 aromatic heterocycles. The lowest BCUT2D eigenvalue weighted by Crippen LogP contribution is -2.79. The van der Waals surface area contributed by atoms with Gasteiger partial charge in [-0.2, -0.15) is 13.2 Å². The van der Waals surface area contributed by atoms with Crippen LogP contribution >= 0.6 is 0 Å². The average molecular weight is 619 g/mol. The minimum absolute atomic E-state index is 0.0848. The summed E-state index contributed by atoms with van der Waals surface area (Å²) in [5, 5.41) is 12.9. The van der Waals surface area contributed by atoms with Gasteiger partial charge < -0.3 is 15.0 Å². The van der Waals surface area contributed by atoms with Crippen LogP contribution in [0.25, 0.3) is 11.0 Å². The molecule has 4 aliphatic rings. The second-order valence-corrected chi connectivity index (χ2v) is 14.5. The highest BCUT2D eigenvalue weighted by Gasteiger charge is 2.79. The van der Waals surface area contributed by atoms with Crippen LogP contribution in [0.2, 0.25) is 0 Å². The number of imidazole rings is 1. The van der Waals surface area contributed by atoms with Gasteiger partial charge >= 0.3 is 12.1 Å². The van der Waals surface area contributed by atoms with Gasteiger partial charge in [0, 0.05) is 19.6 Å². The molecule has 0 saturated heterocycles. The van der Waals surface area contributed by atoms with Crippen LogP contribution in [-0.4, -0.2) is 53.7 Å². The number of carboxylic acid groups (broad SMARTS) is 1. The number of hydrogen-bond acceptors (Lipinski definition) is 5. The van der Waals surface area contributed by atoms with Crippen LogP contribution in [0.4, 0.5) is 18.9 Å². The molecule has 2 N–H and O–H groups in total. The minimum atomic E-state index is -4.30. The quantitative estimate of drug-likeness (QED) is 0.389. The van der Waals surface area contributed by atoms with Crippen molar-refractivity contribution in [2.24, 2.45) is 24.3 Å². The van der Waals surface area contributed by atoms with E-state index >= 15 is 0 Å². The highest BCUT2D eigenvalue weighted by Crippen LogP contribution is 2.73. The van der Waals surface area contributed by atoms with Gasteiger partial charge in [-0.05, 0) is 80.8 Å². The molecule has 2 bridgehead atoms. The summed E-state index contributed by atoms with van der Waals surface area (Å²) in [7, 11) is -0.637. The number of nitrogens with one attached hydrogen (secondary N) is 1. The largest absolute Gasteiger partial charge is 0.481 e. The van der Waals surface area contributed by atoms with Crippen molar-refractivity contribution in [1.29, 1.82) is 0 Å². The van der Waals surface area contributed by atoms with Crippen molar-refractivity contribution in [2.75, 3.05) is 11.4 Å². The van der Waals surface area contributed by atoms with Gasteiger partial charge in [-0.15, -0.1) is 0 Å². The zero-order chi connectivity index (χ0) is 31.1. The molecule has 43 heavy (non-hydrogen) atoms. The Morgan fingerprint density at radius 2 is 1.74 bits per heavy atom. The van der Waals surface area contributed by atoms with Gasteiger partial charge in [-0.3, -0.25) is 13.9 Å². The van der Waals surface area contributed by atoms with E-state index in [0.29, 0.717) is 36.0 Å². The molecule has 1 amide bonds. The number of halogens is 3. The summed E-state index contributed by atoms with van der Waals surface area (Å²) in [4.78, 5) is 30.2. The zero-order valence-electron chi connectivity index (χ0n) is 24.0. The third kappa shape index (κ3) is 4.58. The molecule has 1 heterocycles. The summed E-state index contributed by atoms with van der Waals surface area (Å²) in [5.74, 6) is -3.33. The molecule has 4 saturated carbocycles. The molecule has 0 unspecified atom stereocenters. The lowest BCUT2D eigenvalue weighted by Gasteiger charge is -2.70. The standard InChI is InChI=1S/C30H33F3N4O5S/c1-17-34-23-13-20(11-12-24(23)36(17)2)43(41,42)37(3)19-9-7-18(8-10-19)21-5-4-6-22(25(21)27(39)40)26(38)35-29-14-28(15-29,16-29)30(31,32)33/h7-13,21-22,25H,4-6,14-16H2,1-3H3,(H,35,38)(H,39,40)/t21-,22-,25-,28?,29?/m1/s1. The number of fused-ring (bicyclic) bond motifs is 1. The molecule has 0 radical (unpaired) electrons. The number of nitrogens with zero attached hydrogens (tertiary/aromatic N) is 3. The molecule has 230 valence electrons. The maximum atomic E-state index is 13.4. The fourth-order valence-corrected chi connectivity index (χ4v) is 8.69. The first-order valence-corrected chi connectivity index (χ1v) is 15.7. The first kappa shape index (κ1) is 29.5. The Bertz CT molecular complexity index is 1710. The van der Waals surface area contributed by atoms with Crippen molar-refractivity contribution in [3.05, 3.63) is 53.9 Å². The summed E-state index contributed by atoms with van der Waals surface area (Å²) < 4.78 is 69.7. The second-order valence-electron chi connectivity index (χ2n) is 12.5. The lowest BCUT2D eigenvalue weighted by atomic mass is 9.39. The molecule has 4 fully saturated rings. The minimum Gasteiger partial charge on any atom is -0.481 e. The molecule has 0 aliphatic heterocycles. The number of carboxylic acids is 1. The summed E-state index contributed by atoms with van der Waals surface area (Å²) in [6, 6.07) is 11.4. The molecule has 3 atom stereocenters. The van der Waals surface area contributed by atoms with Crippen molar-refractivity contribution in [3.63, 3.8) is 0 Å². The molecular formula is C30H33F3N4O5S. The third-order valence-electron chi connectivity index (χ3n) is 9.96. The van der Waals surface area contributed by atoms with E-state index in [4.69, 9.17) is 0 Å². The number of sulfonamides is 1. The Hall–Kier alpha value is -3.61. The van der Waals surface area contributed by atoms with Gasteiger partial charge in [0.2, 0.25) is 5.91 Å². The Labute approximate surface area is 247 Å². The van der Waals surface area contributed by atoms with Crippen LogP contribution in [0.3, 0.4) is 0 Å². The fourth-order valence-electron chi connectivity index (χ4n) is 7.47. The van der Waals surface area contributed by atoms with Crippen LogP contribution in [0.5, 0.6) is 0 Å². The van der Waals surface area contributed by atoms with Crippen molar-refractivity contribution < 1.29 is 36.3 Å². The van der Waals surface area contributed by atoms with E-state index < -0.39 is 56.8 Å². The van der Waals surface area contributed by atoms with E-state index in [1.165, 1.54) is 19.2 Å². The van der Waals surface area contributed by atoms with E-state index in [9.17, 15) is 36.3 Å². The van der Waals surface area contributed by atoms with Gasteiger partial charge in [0.25, 0.3) is 10.0 Å². The SMILES string of the molecule is Cc1nc2cc(S(=O)(=O)N(C)c3ccc([C@H]4CCC[C@@H](C(=O)NC56CC(C(F)(F)F)(C5)C6)[C@@H]4C(=O)O)cc3)ccc2n1C. The number of anilines is 1. The van der Waals surface area contributed by atoms with E-state index in [2.05, 4.69) is 10.3 Å². The maximum Gasteiger partial charge on any atom is 0.394 e. The Kier molecular flexibility index (Phi) is 6.64. The number of hydrogen-bond donors (Lipinski definition) is 2. The van der Waals surface area contributed by atoms with Crippen LogP contribution in [-0.2, 0) is 26.7 Å². The number of aromatic nitrogens is 2. The summed E-state index contributed by atoms with van der Waals surface area (Å²) in [6.07, 6.45) is -3.34. The number of aryl methyl sites for hydroxylation is 2. The molecular weight excluding hydrogens is 585 g/mol. The average Bonchev–Trinajstić information content (AvgIpc) is 3.20. The normalized spacial score (nSPS) is 28.6. The van der Waals surface area contributed by atoms with E-state index in [-0.39, 0.29) is 24.2 Å². The molecule has 9 nitrogen and oxygen atoms in total. The third-order valence-corrected chi connectivity index (χ3v) is 11.7. The van der Waals surface area contributed by atoms with Gasteiger partial charge in [-0.25, -0.2) is 13.4 Å². The number of aliphatic carboxylic acids is 1. The fraction of sp³-hybridized carbons (Fsp3) is 0.500. The van der Waals surface area contributed by atoms with Gasteiger partial charge in [0.1, 0.15) is 5.82 Å². The Balaban J connectivity index is 1.18. The van der Waals surface area contributed by atoms with Crippen molar-refractivity contribution in [2.45, 2.75) is 68.0 Å².